The number of amidine groups is 1. The molecular formula is C24H24F2N8O3. The summed E-state index contributed by atoms with van der Waals surface area (Å²) in [5.41, 5.74) is 13.5. The predicted molar refractivity (Wildman–Crippen MR) is 133 cm³/mol. The number of urea groups is 1. The second-order valence-electron chi connectivity index (χ2n) is 7.97. The van der Waals surface area contributed by atoms with Crippen LogP contribution in [0.3, 0.4) is 0 Å². The maximum absolute atomic E-state index is 14.7. The highest BCUT2D eigenvalue weighted by atomic mass is 19.2. The predicted octanol–water partition coefficient (Wildman–Crippen LogP) is 2.99. The largest absolute Gasteiger partial charge is 0.467 e. The Morgan fingerprint density at radius 2 is 1.97 bits per heavy atom. The van der Waals surface area contributed by atoms with Crippen LogP contribution in [-0.4, -0.2) is 41.0 Å². The number of aromatic nitrogens is 1. The number of carbonyl (C=O) groups is 2. The zero-order chi connectivity index (χ0) is 26.5. The van der Waals surface area contributed by atoms with Crippen molar-refractivity contribution in [1.29, 1.82) is 0 Å². The molecule has 2 amide bonds. The van der Waals surface area contributed by atoms with Gasteiger partial charge in [0.1, 0.15) is 17.7 Å². The molecule has 1 atom stereocenters. The SMILES string of the molecule is COC(=O)C(C)NC(=O)Nc1ccc(-c2cnc(N)c(C3=NNNN3C3=CC=CCC(F)=C3F)c2)cc1. The van der Waals surface area contributed by atoms with E-state index in [0.29, 0.717) is 16.8 Å². The van der Waals surface area contributed by atoms with Crippen LogP contribution in [0.5, 0.6) is 0 Å². The van der Waals surface area contributed by atoms with E-state index in [-0.39, 0.29) is 23.8 Å². The normalized spacial score (nSPS) is 15.8. The summed E-state index contributed by atoms with van der Waals surface area (Å²) in [6.07, 6.45) is 5.86. The minimum absolute atomic E-state index is 0.0879. The van der Waals surface area contributed by atoms with E-state index in [1.165, 1.54) is 31.2 Å². The van der Waals surface area contributed by atoms with E-state index in [9.17, 15) is 18.4 Å². The number of nitrogens with one attached hydrogen (secondary N) is 4. The van der Waals surface area contributed by atoms with E-state index in [1.807, 2.05) is 0 Å². The molecule has 13 heteroatoms. The number of hydrogen-bond donors (Lipinski definition) is 5. The van der Waals surface area contributed by atoms with Gasteiger partial charge >= 0.3 is 12.0 Å². The van der Waals surface area contributed by atoms with Crippen LogP contribution in [0.25, 0.3) is 11.1 Å². The Morgan fingerprint density at radius 1 is 1.22 bits per heavy atom. The van der Waals surface area contributed by atoms with Crippen molar-refractivity contribution in [2.75, 3.05) is 18.2 Å². The van der Waals surface area contributed by atoms with Crippen LogP contribution in [-0.2, 0) is 9.53 Å². The fourth-order valence-corrected chi connectivity index (χ4v) is 3.55. The molecule has 11 nitrogen and oxygen atoms in total. The van der Waals surface area contributed by atoms with Crippen molar-refractivity contribution in [3.63, 3.8) is 0 Å². The molecule has 192 valence electrons. The molecule has 0 spiro atoms. The Morgan fingerprint density at radius 3 is 2.70 bits per heavy atom. The van der Waals surface area contributed by atoms with Gasteiger partial charge in [-0.15, -0.1) is 10.6 Å². The van der Waals surface area contributed by atoms with E-state index >= 15 is 0 Å². The lowest BCUT2D eigenvalue weighted by molar-refractivity contribution is -0.142. The molecule has 0 saturated carbocycles. The molecule has 1 aliphatic carbocycles. The summed E-state index contributed by atoms with van der Waals surface area (Å²) in [7, 11) is 1.24. The summed E-state index contributed by atoms with van der Waals surface area (Å²) < 4.78 is 33.3. The Labute approximate surface area is 210 Å². The van der Waals surface area contributed by atoms with Gasteiger partial charge in [-0.25, -0.2) is 33.9 Å². The lowest BCUT2D eigenvalue weighted by atomic mass is 10.0. The van der Waals surface area contributed by atoms with Crippen molar-refractivity contribution in [3.05, 3.63) is 77.7 Å². The lowest BCUT2D eigenvalue weighted by Gasteiger charge is -2.21. The molecule has 1 aliphatic heterocycles. The fourth-order valence-electron chi connectivity index (χ4n) is 3.55. The first kappa shape index (κ1) is 25.3. The monoisotopic (exact) mass is 510 g/mol. The number of halogens is 2. The Bertz CT molecular complexity index is 1340. The number of anilines is 2. The van der Waals surface area contributed by atoms with Crippen molar-refractivity contribution in [2.45, 2.75) is 19.4 Å². The molecule has 1 unspecified atom stereocenters. The van der Waals surface area contributed by atoms with E-state index in [0.717, 1.165) is 5.56 Å². The lowest BCUT2D eigenvalue weighted by Crippen LogP contribution is -2.41. The number of nitrogens with two attached hydrogens (primary N) is 1. The smallest absolute Gasteiger partial charge is 0.328 e. The van der Waals surface area contributed by atoms with Gasteiger partial charge in [0.2, 0.25) is 0 Å². The third kappa shape index (κ3) is 5.56. The maximum Gasteiger partial charge on any atom is 0.328 e. The Balaban J connectivity index is 1.54. The molecule has 0 bridgehead atoms. The minimum atomic E-state index is -1.02. The van der Waals surface area contributed by atoms with Gasteiger partial charge < -0.3 is 21.1 Å². The number of rotatable bonds is 6. The van der Waals surface area contributed by atoms with Gasteiger partial charge in [-0.2, -0.15) is 0 Å². The van der Waals surface area contributed by atoms with Crippen molar-refractivity contribution < 1.29 is 23.1 Å². The molecular weight excluding hydrogens is 486 g/mol. The molecule has 1 aromatic carbocycles. The van der Waals surface area contributed by atoms with Crippen LogP contribution in [0.4, 0.5) is 25.1 Å². The standard InChI is InChI=1S/C24H24F2N8O3/c1-13(23(35)37-2)29-24(36)30-16-9-7-14(8-10-16)15-11-17(21(27)28-12-15)22-31-32-33-34(22)19-6-4-3-5-18(25)20(19)26/h3-4,6-13,32-33H,5H2,1-2H3,(H2,27,28)(H2,29,30,36). The first-order chi connectivity index (χ1) is 17.8. The molecule has 1 aromatic heterocycles. The van der Waals surface area contributed by atoms with Crippen LogP contribution >= 0.6 is 0 Å². The first-order valence-corrected chi connectivity index (χ1v) is 11.1. The van der Waals surface area contributed by atoms with Gasteiger partial charge in [-0.05, 0) is 36.8 Å². The average Bonchev–Trinajstić information content (AvgIpc) is 3.31. The van der Waals surface area contributed by atoms with Gasteiger partial charge in [-0.3, -0.25) is 0 Å². The Kier molecular flexibility index (Phi) is 7.44. The highest BCUT2D eigenvalue weighted by Gasteiger charge is 2.29. The van der Waals surface area contributed by atoms with Crippen molar-refractivity contribution >= 4 is 29.3 Å². The summed E-state index contributed by atoms with van der Waals surface area (Å²) in [5, 5.41) is 10.5. The molecule has 0 radical (unpaired) electrons. The number of benzene rings is 1. The highest BCUT2D eigenvalue weighted by molar-refractivity contribution is 6.04. The number of pyridine rings is 1. The number of hydrogen-bond acceptors (Lipinski definition) is 9. The molecule has 0 saturated heterocycles. The number of ether oxygens (including phenoxy) is 1. The minimum Gasteiger partial charge on any atom is -0.467 e. The number of carbonyl (C=O) groups excluding carboxylic acids is 2. The van der Waals surface area contributed by atoms with Crippen molar-refractivity contribution in [3.8, 4) is 11.1 Å². The summed E-state index contributed by atoms with van der Waals surface area (Å²) in [4.78, 5) is 27.8. The van der Waals surface area contributed by atoms with Gasteiger partial charge in [0.05, 0.1) is 18.4 Å². The number of methoxy groups -OCH3 is 1. The molecule has 37 heavy (non-hydrogen) atoms. The van der Waals surface area contributed by atoms with Gasteiger partial charge in [-0.1, -0.05) is 24.3 Å². The number of hydrazone groups is 1. The van der Waals surface area contributed by atoms with E-state index in [1.54, 1.807) is 42.6 Å². The van der Waals surface area contributed by atoms with Crippen LogP contribution in [0.1, 0.15) is 18.9 Å². The molecule has 6 N–H and O–H groups in total. The fraction of sp³-hybridized carbons (Fsp3) is 0.167. The number of nitrogens with zero attached hydrogens (tertiary/aromatic N) is 3. The highest BCUT2D eigenvalue weighted by Crippen LogP contribution is 2.30. The first-order valence-electron chi connectivity index (χ1n) is 11.1. The number of nitrogen functional groups attached to an aromatic ring is 1. The summed E-state index contributed by atoms with van der Waals surface area (Å²) >= 11 is 0. The van der Waals surface area contributed by atoms with Crippen molar-refractivity contribution in [1.82, 2.24) is 26.4 Å². The summed E-state index contributed by atoms with van der Waals surface area (Å²) in [6.45, 7) is 1.51. The van der Waals surface area contributed by atoms with Gasteiger partial charge in [0, 0.05) is 23.9 Å². The van der Waals surface area contributed by atoms with Crippen LogP contribution in [0.2, 0.25) is 0 Å². The number of esters is 1. The summed E-state index contributed by atoms with van der Waals surface area (Å²) in [5.74, 6) is -2.18. The van der Waals surface area contributed by atoms with E-state index in [4.69, 9.17) is 5.73 Å². The van der Waals surface area contributed by atoms with E-state index < -0.39 is 29.7 Å². The van der Waals surface area contributed by atoms with Crippen LogP contribution < -0.4 is 27.4 Å². The summed E-state index contributed by atoms with van der Waals surface area (Å²) in [6, 6.07) is 7.16. The zero-order valence-corrected chi connectivity index (χ0v) is 19.9. The van der Waals surface area contributed by atoms with Crippen molar-refractivity contribution in [2.24, 2.45) is 5.10 Å². The second kappa shape index (κ2) is 10.9. The molecule has 0 fully saturated rings. The average molecular weight is 511 g/mol. The second-order valence-corrected chi connectivity index (χ2v) is 7.97. The number of allylic oxidation sites excluding steroid dienone is 5. The van der Waals surface area contributed by atoms with E-state index in [2.05, 4.69) is 36.5 Å². The number of hydrazine groups is 2. The maximum atomic E-state index is 14.7. The zero-order valence-electron chi connectivity index (χ0n) is 19.9. The van der Waals surface area contributed by atoms with Crippen LogP contribution in [0.15, 0.2) is 77.2 Å². The Hall–Kier alpha value is -4.78. The third-order valence-electron chi connectivity index (χ3n) is 5.46. The number of amides is 2. The quantitative estimate of drug-likeness (QED) is 0.373. The third-order valence-corrected chi connectivity index (χ3v) is 5.46. The van der Waals surface area contributed by atoms with Gasteiger partial charge in [0.25, 0.3) is 0 Å². The van der Waals surface area contributed by atoms with Crippen LogP contribution in [0, 0.1) is 0 Å². The van der Waals surface area contributed by atoms with Gasteiger partial charge in [0.15, 0.2) is 11.7 Å². The topological polar surface area (TPSA) is 146 Å². The molecule has 2 aromatic rings. The molecule has 2 heterocycles. The molecule has 4 rings (SSSR count). The molecule has 2 aliphatic rings.